The highest BCUT2D eigenvalue weighted by molar-refractivity contribution is 7.07. The lowest BCUT2D eigenvalue weighted by Crippen LogP contribution is -2.45. The number of ether oxygens (including phenoxy) is 2. The molecule has 7 nitrogen and oxygen atoms in total. The summed E-state index contributed by atoms with van der Waals surface area (Å²) in [6, 6.07) is 7.77. The molecule has 0 spiro atoms. The first-order valence-corrected chi connectivity index (χ1v) is 10.3. The van der Waals surface area contributed by atoms with E-state index in [0.717, 1.165) is 11.1 Å². The minimum absolute atomic E-state index is 0.123. The maximum absolute atomic E-state index is 13.0. The molecule has 1 fully saturated rings. The molecule has 0 atom stereocenters. The largest absolute Gasteiger partial charge is 0.463 e. The highest BCUT2D eigenvalue weighted by Crippen LogP contribution is 2.03. The number of carbonyl (C=O) groups excluding carboxylic acids is 2. The number of rotatable bonds is 5. The van der Waals surface area contributed by atoms with Crippen LogP contribution in [0.3, 0.4) is 0 Å². The van der Waals surface area contributed by atoms with Crippen LogP contribution in [-0.4, -0.2) is 54.3 Å². The summed E-state index contributed by atoms with van der Waals surface area (Å²) in [6.45, 7) is 5.78. The molecule has 2 heterocycles. The average molecular weight is 416 g/mol. The van der Waals surface area contributed by atoms with Crippen LogP contribution in [0.2, 0.25) is 0 Å². The first kappa shape index (κ1) is 21.0. The maximum atomic E-state index is 13.0. The number of esters is 1. The molecule has 0 N–H and O–H groups in total. The van der Waals surface area contributed by atoms with Gasteiger partial charge in [-0.3, -0.25) is 14.2 Å². The predicted molar refractivity (Wildman–Crippen MR) is 111 cm³/mol. The van der Waals surface area contributed by atoms with E-state index in [4.69, 9.17) is 9.47 Å². The van der Waals surface area contributed by atoms with Crippen LogP contribution < -0.4 is 14.8 Å². The van der Waals surface area contributed by atoms with Crippen molar-refractivity contribution in [1.82, 2.24) is 9.47 Å². The molecule has 0 radical (unpaired) electrons. The van der Waals surface area contributed by atoms with Crippen LogP contribution in [0.1, 0.15) is 18.1 Å². The van der Waals surface area contributed by atoms with Gasteiger partial charge in [-0.15, -0.1) is 11.3 Å². The second kappa shape index (κ2) is 9.67. The Labute approximate surface area is 172 Å². The Kier molecular flexibility index (Phi) is 7.00. The van der Waals surface area contributed by atoms with Gasteiger partial charge in [-0.1, -0.05) is 29.8 Å². The lowest BCUT2D eigenvalue weighted by molar-refractivity contribution is -0.136. The molecule has 29 heavy (non-hydrogen) atoms. The third-order valence-corrected chi connectivity index (χ3v) is 5.56. The van der Waals surface area contributed by atoms with Crippen LogP contribution >= 0.6 is 11.3 Å². The van der Waals surface area contributed by atoms with Crippen LogP contribution in [0.15, 0.2) is 29.1 Å². The van der Waals surface area contributed by atoms with Crippen molar-refractivity contribution in [3.63, 3.8) is 0 Å². The molecule has 1 aliphatic rings. The van der Waals surface area contributed by atoms with E-state index in [9.17, 15) is 14.4 Å². The molecular formula is C21H24N2O5S. The van der Waals surface area contributed by atoms with Gasteiger partial charge in [-0.2, -0.15) is 0 Å². The van der Waals surface area contributed by atoms with Crippen molar-refractivity contribution in [1.29, 1.82) is 0 Å². The zero-order valence-corrected chi connectivity index (χ0v) is 17.4. The lowest BCUT2D eigenvalue weighted by atomic mass is 10.1. The molecule has 0 bridgehead atoms. The number of nitrogens with zero attached hydrogens (tertiary/aromatic N) is 2. The van der Waals surface area contributed by atoms with Crippen LogP contribution in [-0.2, 0) is 25.6 Å². The Bertz CT molecular complexity index is 1050. The third-order valence-electron chi connectivity index (χ3n) is 4.50. The Morgan fingerprint density at radius 3 is 2.55 bits per heavy atom. The molecule has 1 aromatic carbocycles. The normalized spacial score (nSPS) is 15.6. The standard InChI is InChI=1S/C21H24N2O5S/c1-3-28-20(25)13-19-23(14-18(24)22-8-10-27-11-9-22)21(26)17(29-19)12-16-6-4-15(2)5-7-16/h4-7,12-13H,3,8-11,14H2,1-2H3/b17-12-,19-13-. The molecule has 0 aliphatic carbocycles. The van der Waals surface area contributed by atoms with E-state index >= 15 is 0 Å². The number of hydrogen-bond donors (Lipinski definition) is 0. The van der Waals surface area contributed by atoms with Crippen LogP contribution in [0, 0.1) is 6.92 Å². The Morgan fingerprint density at radius 1 is 1.21 bits per heavy atom. The quantitative estimate of drug-likeness (QED) is 0.653. The van der Waals surface area contributed by atoms with E-state index in [0.29, 0.717) is 35.5 Å². The first-order chi connectivity index (χ1) is 14.0. The number of aryl methyl sites for hydroxylation is 1. The first-order valence-electron chi connectivity index (χ1n) is 9.50. The molecule has 0 saturated carbocycles. The monoisotopic (exact) mass is 416 g/mol. The SMILES string of the molecule is CCOC(=O)/C=c1\s/c(=C\c2ccc(C)cc2)c(=O)n1CC(=O)N1CCOCC1. The second-order valence-electron chi connectivity index (χ2n) is 6.64. The van der Waals surface area contributed by atoms with E-state index in [-0.39, 0.29) is 24.6 Å². The number of benzene rings is 1. The number of aromatic nitrogens is 1. The molecular weight excluding hydrogens is 392 g/mol. The zero-order valence-electron chi connectivity index (χ0n) is 16.6. The summed E-state index contributed by atoms with van der Waals surface area (Å²) in [5.74, 6) is -0.711. The van der Waals surface area contributed by atoms with E-state index in [1.54, 1.807) is 17.9 Å². The van der Waals surface area contributed by atoms with E-state index in [1.807, 2.05) is 31.2 Å². The molecule has 1 aromatic heterocycles. The van der Waals surface area contributed by atoms with Crippen molar-refractivity contribution in [2.75, 3.05) is 32.9 Å². The van der Waals surface area contributed by atoms with E-state index < -0.39 is 5.97 Å². The van der Waals surface area contributed by atoms with Crippen molar-refractivity contribution in [2.24, 2.45) is 0 Å². The van der Waals surface area contributed by atoms with Crippen molar-refractivity contribution < 1.29 is 19.1 Å². The van der Waals surface area contributed by atoms with Gasteiger partial charge >= 0.3 is 5.97 Å². The lowest BCUT2D eigenvalue weighted by Gasteiger charge is -2.26. The summed E-state index contributed by atoms with van der Waals surface area (Å²) in [4.78, 5) is 39.3. The molecule has 1 aliphatic heterocycles. The summed E-state index contributed by atoms with van der Waals surface area (Å²) in [5.41, 5.74) is 1.70. The summed E-state index contributed by atoms with van der Waals surface area (Å²) in [5, 5.41) is 0. The van der Waals surface area contributed by atoms with Crippen molar-refractivity contribution in [2.45, 2.75) is 20.4 Å². The average Bonchev–Trinajstić information content (AvgIpc) is 2.99. The summed E-state index contributed by atoms with van der Waals surface area (Å²) >= 11 is 1.17. The maximum Gasteiger partial charge on any atom is 0.333 e. The molecule has 154 valence electrons. The Hall–Kier alpha value is -2.71. The van der Waals surface area contributed by atoms with Crippen molar-refractivity contribution in [3.05, 3.63) is 54.9 Å². The summed E-state index contributed by atoms with van der Waals surface area (Å²) in [6.07, 6.45) is 3.04. The fourth-order valence-corrected chi connectivity index (χ4v) is 3.97. The topological polar surface area (TPSA) is 77.8 Å². The summed E-state index contributed by atoms with van der Waals surface area (Å²) < 4.78 is 12.5. The number of hydrogen-bond acceptors (Lipinski definition) is 6. The van der Waals surface area contributed by atoms with Crippen molar-refractivity contribution in [3.8, 4) is 0 Å². The van der Waals surface area contributed by atoms with Crippen LogP contribution in [0.25, 0.3) is 12.2 Å². The summed E-state index contributed by atoms with van der Waals surface area (Å²) in [7, 11) is 0. The van der Waals surface area contributed by atoms with E-state index in [2.05, 4.69) is 0 Å². The zero-order chi connectivity index (χ0) is 20.8. The molecule has 1 saturated heterocycles. The number of amides is 1. The molecule has 3 rings (SSSR count). The number of thiazole rings is 1. The fourth-order valence-electron chi connectivity index (χ4n) is 2.94. The smallest absolute Gasteiger partial charge is 0.333 e. The minimum atomic E-state index is -0.539. The fraction of sp³-hybridized carbons (Fsp3) is 0.381. The highest BCUT2D eigenvalue weighted by Gasteiger charge is 2.19. The van der Waals surface area contributed by atoms with Gasteiger partial charge in [0.25, 0.3) is 5.56 Å². The van der Waals surface area contributed by atoms with Gasteiger partial charge in [0, 0.05) is 13.1 Å². The Balaban J connectivity index is 2.01. The van der Waals surface area contributed by atoms with Gasteiger partial charge < -0.3 is 14.4 Å². The van der Waals surface area contributed by atoms with Gasteiger partial charge in [-0.05, 0) is 25.5 Å². The molecule has 1 amide bonds. The second-order valence-corrected chi connectivity index (χ2v) is 7.70. The van der Waals surface area contributed by atoms with E-state index in [1.165, 1.54) is 22.0 Å². The van der Waals surface area contributed by atoms with Crippen LogP contribution in [0.4, 0.5) is 0 Å². The number of carbonyl (C=O) groups is 2. The minimum Gasteiger partial charge on any atom is -0.463 e. The van der Waals surface area contributed by atoms with Crippen LogP contribution in [0.5, 0.6) is 0 Å². The van der Waals surface area contributed by atoms with Gasteiger partial charge in [0.1, 0.15) is 11.2 Å². The van der Waals surface area contributed by atoms with Gasteiger partial charge in [0.05, 0.1) is 30.4 Å². The van der Waals surface area contributed by atoms with Gasteiger partial charge in [-0.25, -0.2) is 4.79 Å². The molecule has 2 aromatic rings. The predicted octanol–water partition coefficient (Wildman–Crippen LogP) is 0.249. The third kappa shape index (κ3) is 5.42. The number of morpholine rings is 1. The van der Waals surface area contributed by atoms with Gasteiger partial charge in [0.15, 0.2) is 0 Å². The highest BCUT2D eigenvalue weighted by atomic mass is 32.1. The van der Waals surface area contributed by atoms with Crippen molar-refractivity contribution >= 4 is 35.4 Å². The van der Waals surface area contributed by atoms with Gasteiger partial charge in [0.2, 0.25) is 5.91 Å². The molecule has 8 heteroatoms. The molecule has 0 unspecified atom stereocenters. The Morgan fingerprint density at radius 2 is 1.90 bits per heavy atom.